The predicted molar refractivity (Wildman–Crippen MR) is 436 cm³/mol. The van der Waals surface area contributed by atoms with Crippen molar-refractivity contribution in [3.8, 4) is 0 Å². The number of hydrogen-bond donors (Lipinski definition) is 5. The van der Waals surface area contributed by atoms with Crippen LogP contribution < -0.4 is 21.3 Å². The van der Waals surface area contributed by atoms with Crippen LogP contribution in [-0.2, 0) is 84.5 Å². The van der Waals surface area contributed by atoms with Gasteiger partial charge in [0.15, 0.2) is 11.6 Å². The number of carboxylic acids is 1. The number of rotatable bonds is 44. The highest BCUT2D eigenvalue weighted by Gasteiger charge is 2.59. The van der Waals surface area contributed by atoms with E-state index in [0.29, 0.717) is 39.9 Å². The molecule has 2 aromatic carbocycles. The molecular weight excluding hydrogens is 1470 g/mol. The fourth-order valence-corrected chi connectivity index (χ4v) is 17.7. The number of nitrogens with zero attached hydrogens (tertiary/aromatic N) is 4. The van der Waals surface area contributed by atoms with Crippen LogP contribution >= 0.6 is 23.2 Å². The van der Waals surface area contributed by atoms with Crippen LogP contribution in [-0.4, -0.2) is 231 Å². The number of ketones is 2. The Balaban J connectivity index is 0.000000401. The molecule has 2 aromatic rings. The first-order chi connectivity index (χ1) is 52.5. The topological polar surface area (TPSA) is 298 Å². The van der Waals surface area contributed by atoms with Gasteiger partial charge in [0.1, 0.15) is 17.7 Å². The van der Waals surface area contributed by atoms with Crippen molar-refractivity contribution in [2.45, 2.75) is 285 Å². The Morgan fingerprint density at radius 1 is 0.518 bits per heavy atom. The molecule has 6 rings (SSSR count). The number of halogens is 2. The second-order valence-corrected chi connectivity index (χ2v) is 35.4. The lowest BCUT2D eigenvalue weighted by Gasteiger charge is -2.41. The minimum Gasteiger partial charge on any atom is -0.480 e. The molecule has 22 atom stereocenters. The van der Waals surface area contributed by atoms with E-state index in [4.69, 9.17) is 46.9 Å². The van der Waals surface area contributed by atoms with Crippen molar-refractivity contribution >= 4 is 82.2 Å². The zero-order valence-electron chi connectivity index (χ0n) is 71.7. The minimum atomic E-state index is -1.21. The van der Waals surface area contributed by atoms with Crippen molar-refractivity contribution < 1.29 is 76.7 Å². The summed E-state index contributed by atoms with van der Waals surface area (Å²) >= 11 is 12.7. The molecule has 2 aliphatic heterocycles. The van der Waals surface area contributed by atoms with E-state index in [1.54, 1.807) is 130 Å². The third-order valence-electron chi connectivity index (χ3n) is 24.3. The molecule has 0 aromatic heterocycles. The Morgan fingerprint density at radius 3 is 1.16 bits per heavy atom. The lowest BCUT2D eigenvalue weighted by atomic mass is 9.84. The third-order valence-corrected chi connectivity index (χ3v) is 25.0. The summed E-state index contributed by atoms with van der Waals surface area (Å²) in [7, 11) is 13.2. The van der Waals surface area contributed by atoms with Gasteiger partial charge in [-0.2, -0.15) is 0 Å². The quantitative estimate of drug-likeness (QED) is 0.0385. The number of nitrogens with one attached hydrogen (secondary N) is 4. The van der Waals surface area contributed by atoms with Gasteiger partial charge in [-0.1, -0.05) is 169 Å². The highest BCUT2D eigenvalue weighted by atomic mass is 35.5. The Hall–Kier alpha value is -6.12. The Labute approximate surface area is 678 Å². The largest absolute Gasteiger partial charge is 0.480 e. The van der Waals surface area contributed by atoms with Gasteiger partial charge in [-0.25, -0.2) is 9.59 Å². The van der Waals surface area contributed by atoms with E-state index in [1.807, 2.05) is 91.2 Å². The van der Waals surface area contributed by atoms with Crippen LogP contribution in [0.2, 0.25) is 10.0 Å². The molecule has 0 spiro atoms. The number of Topliss-reactive ketones (excluding diaryl/α,β-unsaturated/α-hetero) is 2. The van der Waals surface area contributed by atoms with Crippen LogP contribution in [0, 0.1) is 71.0 Å². The van der Waals surface area contributed by atoms with Gasteiger partial charge in [0.05, 0.1) is 85.3 Å². The fraction of sp³-hybridized carbons (Fsp3) is 0.744. The Bertz CT molecular complexity index is 3460. The van der Waals surface area contributed by atoms with Crippen LogP contribution in [0.25, 0.3) is 0 Å². The number of methoxy groups -OCH3 is 4. The lowest BCUT2D eigenvalue weighted by Crippen LogP contribution is -2.55. The van der Waals surface area contributed by atoms with Gasteiger partial charge in [-0.15, -0.1) is 0 Å². The van der Waals surface area contributed by atoms with Crippen molar-refractivity contribution in [3.05, 3.63) is 69.7 Å². The molecule has 26 heteroatoms. The van der Waals surface area contributed by atoms with Crippen molar-refractivity contribution in [2.75, 3.05) is 56.6 Å². The fourth-order valence-electron chi connectivity index (χ4n) is 17.3. The van der Waals surface area contributed by atoms with E-state index in [9.17, 15) is 53.1 Å². The number of likely N-dealkylation sites (N-methyl/N-ethyl adjacent to an activating group) is 4. The number of carbonyl (C=O) groups excluding carboxylic acids is 9. The molecule has 2 saturated heterocycles. The third kappa shape index (κ3) is 25.2. The minimum absolute atomic E-state index is 0.000233. The summed E-state index contributed by atoms with van der Waals surface area (Å²) < 4.78 is 29.8. The van der Waals surface area contributed by atoms with Gasteiger partial charge >= 0.3 is 11.9 Å². The van der Waals surface area contributed by atoms with Gasteiger partial charge in [-0.3, -0.25) is 38.4 Å². The number of benzene rings is 2. The van der Waals surface area contributed by atoms with E-state index in [-0.39, 0.29) is 145 Å². The highest BCUT2D eigenvalue weighted by Crippen LogP contribution is 2.52. The Kier molecular flexibility index (Phi) is 37.7. The van der Waals surface area contributed by atoms with Crippen LogP contribution in [0.3, 0.4) is 0 Å². The summed E-state index contributed by atoms with van der Waals surface area (Å²) in [6.45, 7) is 32.7. The maximum Gasteiger partial charge on any atom is 0.329 e. The van der Waals surface area contributed by atoms with Crippen molar-refractivity contribution in [1.82, 2.24) is 40.9 Å². The zero-order chi connectivity index (χ0) is 84.4. The van der Waals surface area contributed by atoms with Gasteiger partial charge in [0.2, 0.25) is 35.4 Å². The maximum atomic E-state index is 14.5. The average Bonchev–Trinajstić information content (AvgIpc) is 1.59. The first-order valence-electron chi connectivity index (χ1n) is 40.7. The molecule has 4 fully saturated rings. The number of aliphatic carboxylic acids is 1. The smallest absolute Gasteiger partial charge is 0.329 e. The van der Waals surface area contributed by atoms with Gasteiger partial charge < -0.3 is 69.7 Å². The number of amides is 6. The van der Waals surface area contributed by atoms with E-state index in [2.05, 4.69) is 35.1 Å². The van der Waals surface area contributed by atoms with E-state index in [0.717, 1.165) is 25.7 Å². The van der Waals surface area contributed by atoms with E-state index in [1.165, 1.54) is 7.11 Å². The van der Waals surface area contributed by atoms with Gasteiger partial charge in [0.25, 0.3) is 0 Å². The molecule has 5 N–H and O–H groups in total. The maximum absolute atomic E-state index is 14.5. The number of carbonyl (C=O) groups is 10. The van der Waals surface area contributed by atoms with Crippen molar-refractivity contribution in [2.24, 2.45) is 71.0 Å². The Morgan fingerprint density at radius 2 is 0.866 bits per heavy atom. The molecule has 2 heterocycles. The second kappa shape index (κ2) is 43.7. The molecule has 24 nitrogen and oxygen atoms in total. The van der Waals surface area contributed by atoms with Gasteiger partial charge in [-0.05, 0) is 131 Å². The van der Waals surface area contributed by atoms with Crippen LogP contribution in [0.15, 0.2) is 48.5 Å². The second-order valence-electron chi connectivity index (χ2n) is 34.6. The number of hydrogen-bond acceptors (Lipinski definition) is 17. The average molecular weight is 1610 g/mol. The summed E-state index contributed by atoms with van der Waals surface area (Å²) in [6, 6.07) is 9.53. The number of fused-ring (bicyclic) bond motifs is 2. The molecule has 2 aliphatic carbocycles. The zero-order valence-corrected chi connectivity index (χ0v) is 73.2. The van der Waals surface area contributed by atoms with E-state index >= 15 is 0 Å². The standard InChI is InChI=1S/C45H73ClN4O8.C41H65ClN4O8/c1-15-27(6)40(49(12)43(54)31(25(2)3)23-36(51)39(47-11)26(4)5)37(56-13)24-38(52)50-34-21-30(34)22-35(50)41(57-14)28(7)42(53)48-33(44(55)58-45(8,9)10)20-29-18-16-17-19-32(29)46;1-12-24(6)37(45(9)40(50)28(22(2)3)20-33(47)36(43-8)23(4)5)34(53-10)21-35(48)46-31-18-27(31)19-32(46)38(54-11)25(7)39(49)44-30(41(51)52)17-26-15-13-14-16-29(26)42/h16-19,25-28,30-31,33-35,37,39-41,47H,15,20-24H2,1-14H3,(H,48,53);13-16,22-25,27-28,30-32,34,36-38,43H,12,17-21H2,1-11H3,(H,44,49)(H,51,52)/t27-,28+,30-,31-,33-,34-,35-,37+,39-,40-,41+;24-,25+,27-,28-,30-,31-,32-,34+,36-,37-,38+/m00/s1. The summed E-state index contributed by atoms with van der Waals surface area (Å²) in [5, 5.41) is 22.7. The van der Waals surface area contributed by atoms with Crippen molar-refractivity contribution in [3.63, 3.8) is 0 Å². The first kappa shape index (κ1) is 96.5. The van der Waals surface area contributed by atoms with Crippen molar-refractivity contribution in [1.29, 1.82) is 0 Å². The van der Waals surface area contributed by atoms with Crippen LogP contribution in [0.1, 0.15) is 193 Å². The molecule has 6 amide bonds. The monoisotopic (exact) mass is 1610 g/mol. The lowest BCUT2D eigenvalue weighted by molar-refractivity contribution is -0.159. The molecule has 0 radical (unpaired) electrons. The molecule has 0 unspecified atom stereocenters. The van der Waals surface area contributed by atoms with Gasteiger partial charge in [0, 0.05) is 102 Å². The number of likely N-dealkylation sites (tertiary alicyclic amines) is 2. The van der Waals surface area contributed by atoms with E-state index < -0.39 is 108 Å². The molecular formula is C86H138Cl2N8O16. The predicted octanol–water partition coefficient (Wildman–Crippen LogP) is 10.9. The van der Waals surface area contributed by atoms with Crippen LogP contribution in [0.5, 0.6) is 0 Å². The summed E-state index contributed by atoms with van der Waals surface area (Å²) in [5.74, 6) is -5.23. The SMILES string of the molecule is CC[C@H](C)[C@@H]([C@@H](CC(=O)N1[C@H]2C[C@H]2C[C@H]1[C@H](OC)[C@@H](C)C(=O)N[C@@H](Cc1ccccc1Cl)C(=O)O)OC)N(C)C(=O)[C@@H](CC(=O)[C@@H](NC)C(C)C)C(C)C.CC[C@H](C)[C@@H]([C@@H](CC(=O)N1[C@H]2C[C@H]2C[C@H]1[C@H](OC)[C@@H](C)C(=O)N[C@@H](Cc1ccccc1Cl)C(=O)OC(C)(C)C)OC)N(C)C(=O)[C@@H](CC(=O)[C@@H](NC)C(C)C)C(C)C. The number of carboxylic acid groups (broad SMARTS) is 1. The van der Waals surface area contributed by atoms with Crippen LogP contribution in [0.4, 0.5) is 0 Å². The molecule has 4 aliphatic rings. The summed E-state index contributed by atoms with van der Waals surface area (Å²) in [5.41, 5.74) is 0.524. The normalized spacial score (nSPS) is 22.2. The molecule has 2 saturated carbocycles. The number of piperidine rings is 2. The molecule has 112 heavy (non-hydrogen) atoms. The number of ether oxygens (including phenoxy) is 5. The first-order valence-corrected chi connectivity index (χ1v) is 41.5. The molecule has 0 bridgehead atoms. The highest BCUT2D eigenvalue weighted by molar-refractivity contribution is 6.31. The molecule has 632 valence electrons. The number of esters is 1. The summed E-state index contributed by atoms with van der Waals surface area (Å²) in [4.78, 5) is 145. The summed E-state index contributed by atoms with van der Waals surface area (Å²) in [6.07, 6.45) is 2.36.